The third-order valence-electron chi connectivity index (χ3n) is 5.25. The molecule has 2 aromatic rings. The molecule has 4 rings (SSSR count). The predicted octanol–water partition coefficient (Wildman–Crippen LogP) is 2.99. The average Bonchev–Trinajstić information content (AvgIpc) is 3.26. The minimum Gasteiger partial charge on any atom is -0.314 e. The van der Waals surface area contributed by atoms with E-state index in [1.165, 1.54) is 18.2 Å². The summed E-state index contributed by atoms with van der Waals surface area (Å²) in [6.45, 7) is 2.94. The highest BCUT2D eigenvalue weighted by atomic mass is 35.5. The first-order chi connectivity index (χ1) is 13.9. The van der Waals surface area contributed by atoms with E-state index >= 15 is 0 Å². The zero-order valence-corrected chi connectivity index (χ0v) is 16.4. The van der Waals surface area contributed by atoms with Crippen molar-refractivity contribution < 1.29 is 14.0 Å². The number of nitrogens with one attached hydrogen (secondary N) is 1. The summed E-state index contributed by atoms with van der Waals surface area (Å²) in [6.07, 6.45) is 1.80. The molecule has 0 saturated carbocycles. The number of urea groups is 1. The Morgan fingerprint density at radius 3 is 2.90 bits per heavy atom. The predicted molar refractivity (Wildman–Crippen MR) is 104 cm³/mol. The number of hydrogen-bond acceptors (Lipinski definition) is 4. The second kappa shape index (κ2) is 7.37. The SMILES string of the molecule is CC1Cn2ncc(N3CC(C#N)CC3=O)c2CN1C(=O)Nc1ccc(F)c(Cl)c1. The van der Waals surface area contributed by atoms with Gasteiger partial charge in [0, 0.05) is 18.7 Å². The highest BCUT2D eigenvalue weighted by molar-refractivity contribution is 6.31. The summed E-state index contributed by atoms with van der Waals surface area (Å²) in [6, 6.07) is 5.61. The first kappa shape index (κ1) is 19.2. The van der Waals surface area contributed by atoms with Gasteiger partial charge < -0.3 is 15.1 Å². The molecule has 0 bridgehead atoms. The first-order valence-corrected chi connectivity index (χ1v) is 9.52. The smallest absolute Gasteiger partial charge is 0.314 e. The molecule has 150 valence electrons. The largest absolute Gasteiger partial charge is 0.322 e. The minimum atomic E-state index is -0.560. The lowest BCUT2D eigenvalue weighted by Crippen LogP contribution is -2.47. The van der Waals surface area contributed by atoms with Crippen LogP contribution in [0, 0.1) is 23.1 Å². The summed E-state index contributed by atoms with van der Waals surface area (Å²) in [5, 5.41) is 16.1. The molecule has 3 heterocycles. The molecule has 1 aromatic heterocycles. The number of benzene rings is 1. The molecule has 0 aliphatic carbocycles. The lowest BCUT2D eigenvalue weighted by atomic mass is 10.1. The van der Waals surface area contributed by atoms with Gasteiger partial charge in [-0.3, -0.25) is 9.48 Å². The highest BCUT2D eigenvalue weighted by Crippen LogP contribution is 2.31. The molecule has 0 radical (unpaired) electrons. The topological polar surface area (TPSA) is 94.3 Å². The van der Waals surface area contributed by atoms with E-state index in [9.17, 15) is 14.0 Å². The van der Waals surface area contributed by atoms with Crippen LogP contribution in [0.5, 0.6) is 0 Å². The molecule has 1 fully saturated rings. The fourth-order valence-corrected chi connectivity index (χ4v) is 3.86. The normalized spacial score (nSPS) is 21.1. The molecule has 8 nitrogen and oxygen atoms in total. The molecule has 3 amide bonds. The van der Waals surface area contributed by atoms with E-state index in [2.05, 4.69) is 16.5 Å². The summed E-state index contributed by atoms with van der Waals surface area (Å²) in [7, 11) is 0. The number of carbonyl (C=O) groups excluding carboxylic acids is 2. The number of nitriles is 1. The molecule has 2 atom stereocenters. The second-order valence-electron chi connectivity index (χ2n) is 7.23. The molecular weight excluding hydrogens is 399 g/mol. The van der Waals surface area contributed by atoms with Gasteiger partial charge in [0.2, 0.25) is 5.91 Å². The standard InChI is InChI=1S/C19H18ClFN6O2/c1-11-8-27-17(16(7-23-27)26-9-12(6-22)4-18(26)28)10-25(11)19(29)24-13-2-3-15(21)14(20)5-13/h2-3,5,7,11-12H,4,8-10H2,1H3,(H,24,29). The van der Waals surface area contributed by atoms with Crippen LogP contribution in [0.15, 0.2) is 24.4 Å². The van der Waals surface area contributed by atoms with Gasteiger partial charge in [-0.2, -0.15) is 10.4 Å². The van der Waals surface area contributed by atoms with E-state index in [0.717, 1.165) is 5.69 Å². The number of rotatable bonds is 2. The molecule has 2 unspecified atom stereocenters. The van der Waals surface area contributed by atoms with Crippen molar-refractivity contribution in [1.82, 2.24) is 14.7 Å². The zero-order valence-electron chi connectivity index (χ0n) is 15.6. The fraction of sp³-hybridized carbons (Fsp3) is 0.368. The average molecular weight is 417 g/mol. The Kier molecular flexibility index (Phi) is 4.88. The monoisotopic (exact) mass is 416 g/mol. The van der Waals surface area contributed by atoms with Crippen molar-refractivity contribution >= 4 is 34.9 Å². The second-order valence-corrected chi connectivity index (χ2v) is 7.64. The van der Waals surface area contributed by atoms with Crippen molar-refractivity contribution in [2.45, 2.75) is 32.5 Å². The highest BCUT2D eigenvalue weighted by Gasteiger charge is 2.36. The van der Waals surface area contributed by atoms with Crippen molar-refractivity contribution in [2.24, 2.45) is 5.92 Å². The number of anilines is 2. The fourth-order valence-electron chi connectivity index (χ4n) is 3.68. The van der Waals surface area contributed by atoms with Gasteiger partial charge in [0.25, 0.3) is 0 Å². The number of fused-ring (bicyclic) bond motifs is 1. The Balaban J connectivity index is 1.55. The molecule has 2 aliphatic heterocycles. The van der Waals surface area contributed by atoms with E-state index in [1.807, 2.05) is 6.92 Å². The van der Waals surface area contributed by atoms with Crippen molar-refractivity contribution in [3.63, 3.8) is 0 Å². The van der Waals surface area contributed by atoms with Crippen LogP contribution in [0.2, 0.25) is 5.02 Å². The molecule has 1 aromatic carbocycles. The van der Waals surface area contributed by atoms with Crippen molar-refractivity contribution in [1.29, 1.82) is 5.26 Å². The summed E-state index contributed by atoms with van der Waals surface area (Å²) in [4.78, 5) is 28.3. The number of hydrogen-bond donors (Lipinski definition) is 1. The first-order valence-electron chi connectivity index (χ1n) is 9.14. The molecule has 1 saturated heterocycles. The Labute approximate surface area is 171 Å². The van der Waals surface area contributed by atoms with Gasteiger partial charge in [0.05, 0.1) is 53.7 Å². The number of amides is 3. The molecular formula is C19H18ClFN6O2. The van der Waals surface area contributed by atoms with Crippen molar-refractivity contribution in [3.05, 3.63) is 40.9 Å². The summed E-state index contributed by atoms with van der Waals surface area (Å²) in [5.74, 6) is -1.03. The molecule has 10 heteroatoms. The van der Waals surface area contributed by atoms with Gasteiger partial charge in [0.1, 0.15) is 5.82 Å². The quantitative estimate of drug-likeness (QED) is 0.814. The van der Waals surface area contributed by atoms with Crippen molar-refractivity contribution in [2.75, 3.05) is 16.8 Å². The van der Waals surface area contributed by atoms with Gasteiger partial charge in [-0.15, -0.1) is 0 Å². The minimum absolute atomic E-state index is 0.0746. The number of aromatic nitrogens is 2. The maximum atomic E-state index is 13.3. The van der Waals surface area contributed by atoms with E-state index in [1.54, 1.807) is 20.7 Å². The van der Waals surface area contributed by atoms with E-state index in [-0.39, 0.29) is 41.9 Å². The Bertz CT molecular complexity index is 1030. The van der Waals surface area contributed by atoms with Crippen LogP contribution in [0.4, 0.5) is 20.6 Å². The molecule has 1 N–H and O–H groups in total. The van der Waals surface area contributed by atoms with E-state index < -0.39 is 5.82 Å². The zero-order chi connectivity index (χ0) is 20.7. The third kappa shape index (κ3) is 3.51. The maximum absolute atomic E-state index is 13.3. The van der Waals surface area contributed by atoms with Gasteiger partial charge in [-0.1, -0.05) is 11.6 Å². The summed E-state index contributed by atoms with van der Waals surface area (Å²) < 4.78 is 15.1. The van der Waals surface area contributed by atoms with Crippen LogP contribution < -0.4 is 10.2 Å². The van der Waals surface area contributed by atoms with Crippen molar-refractivity contribution in [3.8, 4) is 6.07 Å². The van der Waals surface area contributed by atoms with Crippen LogP contribution in [-0.2, 0) is 17.9 Å². The Hall–Kier alpha value is -3.12. The molecule has 0 spiro atoms. The van der Waals surface area contributed by atoms with Crippen LogP contribution in [0.25, 0.3) is 0 Å². The summed E-state index contributed by atoms with van der Waals surface area (Å²) >= 11 is 5.78. The number of nitrogens with zero attached hydrogens (tertiary/aromatic N) is 5. The maximum Gasteiger partial charge on any atom is 0.322 e. The van der Waals surface area contributed by atoms with Gasteiger partial charge in [-0.25, -0.2) is 9.18 Å². The van der Waals surface area contributed by atoms with E-state index in [0.29, 0.717) is 24.5 Å². The van der Waals surface area contributed by atoms with Crippen LogP contribution in [-0.4, -0.2) is 39.2 Å². The Morgan fingerprint density at radius 2 is 2.21 bits per heavy atom. The summed E-state index contributed by atoms with van der Waals surface area (Å²) in [5.41, 5.74) is 1.75. The molecule has 29 heavy (non-hydrogen) atoms. The lowest BCUT2D eigenvalue weighted by Gasteiger charge is -2.35. The van der Waals surface area contributed by atoms with Crippen LogP contribution in [0.1, 0.15) is 19.0 Å². The molecule has 2 aliphatic rings. The van der Waals surface area contributed by atoms with Gasteiger partial charge in [-0.05, 0) is 25.1 Å². The number of carbonyl (C=O) groups is 2. The van der Waals surface area contributed by atoms with Gasteiger partial charge in [0.15, 0.2) is 0 Å². The van der Waals surface area contributed by atoms with Crippen LogP contribution >= 0.6 is 11.6 Å². The Morgan fingerprint density at radius 1 is 1.41 bits per heavy atom. The van der Waals surface area contributed by atoms with E-state index in [4.69, 9.17) is 16.9 Å². The number of halogens is 2. The van der Waals surface area contributed by atoms with Crippen LogP contribution in [0.3, 0.4) is 0 Å². The third-order valence-corrected chi connectivity index (χ3v) is 5.54. The lowest BCUT2D eigenvalue weighted by molar-refractivity contribution is -0.117. The van der Waals surface area contributed by atoms with Gasteiger partial charge >= 0.3 is 6.03 Å².